The highest BCUT2D eigenvalue weighted by Gasteiger charge is 2.31. The van der Waals surface area contributed by atoms with E-state index in [1.807, 2.05) is 55.3 Å². The monoisotopic (exact) mass is 1030 g/mol. The molecule has 384 valence electrons. The number of aromatic carboxylic acids is 2. The molecule has 0 spiro atoms. The quantitative estimate of drug-likeness (QED) is 0.122. The number of nitrogens with zero attached hydrogens (tertiary/aromatic N) is 6. The van der Waals surface area contributed by atoms with Crippen molar-refractivity contribution in [3.05, 3.63) is 200 Å². The fourth-order valence-corrected chi connectivity index (χ4v) is 10.5. The molecule has 2 saturated heterocycles. The molecule has 12 nitrogen and oxygen atoms in total. The van der Waals surface area contributed by atoms with Crippen LogP contribution in [-0.2, 0) is 13.1 Å². The molecule has 2 N–H and O–H groups in total. The number of piperazine rings is 2. The van der Waals surface area contributed by atoms with Crippen molar-refractivity contribution in [3.8, 4) is 22.3 Å². The normalized spacial score (nSPS) is 16.1. The smallest absolute Gasteiger partial charge is 0.341 e. The molecule has 2 aromatic heterocycles. The predicted octanol–water partition coefficient (Wildman–Crippen LogP) is 10.7. The van der Waals surface area contributed by atoms with Crippen LogP contribution in [0.25, 0.3) is 44.1 Å². The van der Waals surface area contributed by atoms with E-state index in [1.165, 1.54) is 57.9 Å². The highest BCUT2D eigenvalue weighted by Crippen LogP contribution is 2.40. The molecule has 2 aliphatic heterocycles. The molecule has 12 rings (SSSR count). The van der Waals surface area contributed by atoms with Crippen molar-refractivity contribution < 1.29 is 28.6 Å². The summed E-state index contributed by atoms with van der Waals surface area (Å²) in [4.78, 5) is 57.4. The Hall–Kier alpha value is -7.65. The lowest BCUT2D eigenvalue weighted by molar-refractivity contribution is 0.0684. The van der Waals surface area contributed by atoms with Crippen LogP contribution in [0.4, 0.5) is 20.2 Å². The zero-order valence-corrected chi connectivity index (χ0v) is 42.1. The van der Waals surface area contributed by atoms with E-state index in [1.54, 1.807) is 12.1 Å². The fraction of sp³-hybridized carbons (Fsp3) is 0.267. The molecule has 0 unspecified atom stereocenters. The van der Waals surface area contributed by atoms with Crippen molar-refractivity contribution in [2.75, 3.05) is 62.2 Å². The number of carboxylic acids is 2. The Kier molecular flexibility index (Phi) is 14.7. The average Bonchev–Trinajstić information content (AvgIpc) is 4.38. The lowest BCUT2D eigenvalue weighted by atomic mass is 10.0. The highest BCUT2D eigenvalue weighted by molar-refractivity contribution is 5.95. The zero-order chi connectivity index (χ0) is 51.0. The second-order valence-corrected chi connectivity index (χ2v) is 19.9. The van der Waals surface area contributed by atoms with Gasteiger partial charge in [-0.25, -0.2) is 18.4 Å². The van der Waals surface area contributed by atoms with Gasteiger partial charge in [-0.15, -0.1) is 12.4 Å². The van der Waals surface area contributed by atoms with Crippen LogP contribution in [0.15, 0.2) is 155 Å². The van der Waals surface area contributed by atoms with Gasteiger partial charge in [-0.2, -0.15) is 0 Å². The van der Waals surface area contributed by atoms with Crippen molar-refractivity contribution in [2.45, 2.75) is 50.9 Å². The number of carboxylic acid groups (broad SMARTS) is 2. The van der Waals surface area contributed by atoms with E-state index in [4.69, 9.17) is 0 Å². The van der Waals surface area contributed by atoms with E-state index in [0.29, 0.717) is 48.6 Å². The Balaban J connectivity index is 0.000000169. The molecule has 4 aliphatic rings. The number of hydrogen-bond acceptors (Lipinski definition) is 8. The number of carbonyl (C=O) groups is 2. The van der Waals surface area contributed by atoms with Crippen LogP contribution < -0.4 is 20.7 Å². The summed E-state index contributed by atoms with van der Waals surface area (Å²) in [5.41, 5.74) is 7.55. The van der Waals surface area contributed by atoms with E-state index in [0.717, 1.165) is 65.0 Å². The van der Waals surface area contributed by atoms with Crippen molar-refractivity contribution in [3.63, 3.8) is 0 Å². The van der Waals surface area contributed by atoms with Crippen molar-refractivity contribution in [1.82, 2.24) is 18.9 Å². The van der Waals surface area contributed by atoms with Crippen LogP contribution in [0, 0.1) is 11.6 Å². The SMILES string of the molecule is Cl.O=C(O)c1cn(C2CC2)c2cc(N3CCN(Cc4ccc(-c5ccccc5)cc4)CC3)c(F)cc2c1=O.O=C(O)c1cn(C2CC2)c2cc(N3CCN(Cc4ccc(-c5ccccc5)cc4)CC3)c(F)cc2c1=O. The summed E-state index contributed by atoms with van der Waals surface area (Å²) in [5, 5.41) is 19.2. The van der Waals surface area contributed by atoms with Crippen LogP contribution in [0.3, 0.4) is 0 Å². The first-order chi connectivity index (χ1) is 35.9. The number of pyridine rings is 2. The van der Waals surface area contributed by atoms with Gasteiger partial charge in [-0.3, -0.25) is 19.4 Å². The molecule has 2 aliphatic carbocycles. The van der Waals surface area contributed by atoms with Crippen molar-refractivity contribution in [1.29, 1.82) is 0 Å². The Morgan fingerprint density at radius 2 is 0.800 bits per heavy atom. The van der Waals surface area contributed by atoms with Crippen LogP contribution in [-0.4, -0.2) is 93.4 Å². The molecular formula is C60H57ClF2N6O6. The molecule has 2 saturated carbocycles. The first kappa shape index (κ1) is 50.9. The first-order valence-corrected chi connectivity index (χ1v) is 25.4. The molecule has 0 atom stereocenters. The van der Waals surface area contributed by atoms with Crippen LogP contribution >= 0.6 is 12.4 Å². The topological polar surface area (TPSA) is 132 Å². The number of fused-ring (bicyclic) bond motifs is 2. The molecule has 0 radical (unpaired) electrons. The third-order valence-electron chi connectivity index (χ3n) is 14.9. The summed E-state index contributed by atoms with van der Waals surface area (Å²) >= 11 is 0. The lowest BCUT2D eigenvalue weighted by Crippen LogP contribution is -2.46. The molecule has 0 amide bonds. The Bertz CT molecular complexity index is 3280. The number of hydrogen-bond donors (Lipinski definition) is 2. The zero-order valence-electron chi connectivity index (χ0n) is 41.3. The van der Waals surface area contributed by atoms with Gasteiger partial charge in [0.05, 0.1) is 22.4 Å². The molecule has 4 fully saturated rings. The molecular weight excluding hydrogens is 974 g/mol. The van der Waals surface area contributed by atoms with Gasteiger partial charge in [-0.1, -0.05) is 109 Å². The second kappa shape index (κ2) is 21.7. The summed E-state index contributed by atoms with van der Waals surface area (Å²) in [6.45, 7) is 7.55. The summed E-state index contributed by atoms with van der Waals surface area (Å²) in [7, 11) is 0. The van der Waals surface area contributed by atoms with Crippen LogP contribution in [0.5, 0.6) is 0 Å². The fourth-order valence-electron chi connectivity index (χ4n) is 10.5. The third-order valence-corrected chi connectivity index (χ3v) is 14.9. The molecule has 15 heteroatoms. The Morgan fingerprint density at radius 3 is 1.12 bits per heavy atom. The second-order valence-electron chi connectivity index (χ2n) is 19.9. The van der Waals surface area contributed by atoms with Gasteiger partial charge in [0.2, 0.25) is 10.9 Å². The van der Waals surface area contributed by atoms with Gasteiger partial charge < -0.3 is 29.1 Å². The van der Waals surface area contributed by atoms with Crippen LogP contribution in [0.2, 0.25) is 0 Å². The maximum Gasteiger partial charge on any atom is 0.341 e. The van der Waals surface area contributed by atoms with E-state index >= 15 is 8.78 Å². The number of anilines is 2. The van der Waals surface area contributed by atoms with E-state index in [9.17, 15) is 29.4 Å². The minimum Gasteiger partial charge on any atom is -0.477 e. The number of halogens is 3. The minimum atomic E-state index is -1.28. The predicted molar refractivity (Wildman–Crippen MR) is 293 cm³/mol. The van der Waals surface area contributed by atoms with E-state index in [2.05, 4.69) is 82.6 Å². The first-order valence-electron chi connectivity index (χ1n) is 25.4. The van der Waals surface area contributed by atoms with Crippen molar-refractivity contribution >= 4 is 57.5 Å². The minimum absolute atomic E-state index is 0. The van der Waals surface area contributed by atoms with Gasteiger partial charge in [0.25, 0.3) is 0 Å². The van der Waals surface area contributed by atoms with Crippen molar-refractivity contribution in [2.24, 2.45) is 0 Å². The van der Waals surface area contributed by atoms with Gasteiger partial charge in [-0.05, 0) is 83.3 Å². The number of rotatable bonds is 12. The van der Waals surface area contributed by atoms with E-state index < -0.39 is 34.4 Å². The summed E-state index contributed by atoms with van der Waals surface area (Å²) in [6, 6.07) is 44.1. The standard InChI is InChI=1S/2C30H28FN3O3.ClH/c2*31-26-16-24-27(34(23-10-11-23)19-25(29(24)35)30(36)37)17-28(26)33-14-12-32(13-15-33)18-20-6-8-22(9-7-20)21-4-2-1-3-5-21;/h2*1-9,16-17,19,23H,10-15,18H2,(H,36,37);1H. The summed E-state index contributed by atoms with van der Waals surface area (Å²) in [5.74, 6) is -3.54. The lowest BCUT2D eigenvalue weighted by Gasteiger charge is -2.36. The third kappa shape index (κ3) is 11.0. The number of benzene rings is 6. The summed E-state index contributed by atoms with van der Waals surface area (Å²) < 4.78 is 34.2. The summed E-state index contributed by atoms with van der Waals surface area (Å²) in [6.07, 6.45) is 6.55. The Labute approximate surface area is 438 Å². The maximum atomic E-state index is 15.2. The average molecular weight is 1030 g/mol. The molecule has 8 aromatic rings. The maximum absolute atomic E-state index is 15.2. The van der Waals surface area contributed by atoms with Crippen LogP contribution in [0.1, 0.15) is 69.6 Å². The van der Waals surface area contributed by atoms with E-state index in [-0.39, 0.29) is 46.4 Å². The largest absolute Gasteiger partial charge is 0.477 e. The molecule has 6 aromatic carbocycles. The van der Waals surface area contributed by atoms with Gasteiger partial charge >= 0.3 is 11.9 Å². The highest BCUT2D eigenvalue weighted by atomic mass is 35.5. The molecule has 0 bridgehead atoms. The molecule has 4 heterocycles. The van der Waals surface area contributed by atoms with Gasteiger partial charge in [0, 0.05) is 101 Å². The Morgan fingerprint density at radius 1 is 0.467 bits per heavy atom. The van der Waals surface area contributed by atoms with Gasteiger partial charge in [0.1, 0.15) is 22.8 Å². The van der Waals surface area contributed by atoms with Gasteiger partial charge in [0.15, 0.2) is 0 Å². The molecule has 75 heavy (non-hydrogen) atoms. The number of aromatic nitrogens is 2.